The van der Waals surface area contributed by atoms with Crippen molar-refractivity contribution < 1.29 is 14.3 Å². The molecule has 148 valence electrons. The number of carbonyl (C=O) groups is 2. The van der Waals surface area contributed by atoms with Crippen LogP contribution in [0.15, 0.2) is 48.5 Å². The number of rotatable bonds is 5. The Morgan fingerprint density at radius 3 is 2.39 bits per heavy atom. The Morgan fingerprint density at radius 2 is 1.75 bits per heavy atom. The number of nitrogens with one attached hydrogen (secondary N) is 3. The zero-order chi connectivity index (χ0) is 19.9. The van der Waals surface area contributed by atoms with Gasteiger partial charge in [-0.25, -0.2) is 4.79 Å². The van der Waals surface area contributed by atoms with Crippen LogP contribution in [-0.4, -0.2) is 38.2 Å². The number of nitrogens with zero attached hydrogens (tertiary/aromatic N) is 1. The van der Waals surface area contributed by atoms with Crippen LogP contribution in [0.1, 0.15) is 19.8 Å². The third kappa shape index (κ3) is 5.16. The molecule has 0 unspecified atom stereocenters. The Balaban J connectivity index is 1.55. The second kappa shape index (κ2) is 9.12. The smallest absolute Gasteiger partial charge is 0.319 e. The number of hydrogen-bond donors (Lipinski definition) is 3. The molecule has 1 aliphatic heterocycles. The monoisotopic (exact) mass is 382 g/mol. The highest BCUT2D eigenvalue weighted by Crippen LogP contribution is 2.28. The van der Waals surface area contributed by atoms with Gasteiger partial charge >= 0.3 is 6.03 Å². The molecule has 2 aromatic carbocycles. The molecule has 0 saturated carbocycles. The number of methoxy groups -OCH3 is 1. The second-order valence-electron chi connectivity index (χ2n) is 6.79. The molecule has 3 rings (SSSR count). The van der Waals surface area contributed by atoms with Crippen LogP contribution in [-0.2, 0) is 4.79 Å². The van der Waals surface area contributed by atoms with Crippen molar-refractivity contribution in [2.24, 2.45) is 0 Å². The van der Waals surface area contributed by atoms with E-state index < -0.39 is 0 Å². The first-order valence-corrected chi connectivity index (χ1v) is 9.38. The summed E-state index contributed by atoms with van der Waals surface area (Å²) >= 11 is 0. The first kappa shape index (κ1) is 19.5. The van der Waals surface area contributed by atoms with Crippen LogP contribution >= 0.6 is 0 Å². The van der Waals surface area contributed by atoms with Gasteiger partial charge in [0.15, 0.2) is 0 Å². The minimum absolute atomic E-state index is 0.115. The third-order valence-electron chi connectivity index (χ3n) is 4.72. The number of piperidine rings is 1. The SMILES string of the molecule is COc1ccc(NC(C)=O)cc1NC(=O)NC1CCN(c2ccccc2)CC1. The number of amides is 3. The number of carbonyl (C=O) groups excluding carboxylic acids is 2. The number of anilines is 3. The van der Waals surface area contributed by atoms with Crippen molar-refractivity contribution in [1.82, 2.24) is 5.32 Å². The van der Waals surface area contributed by atoms with Crippen LogP contribution in [0.5, 0.6) is 5.75 Å². The van der Waals surface area contributed by atoms with Gasteiger partial charge in [-0.05, 0) is 43.2 Å². The van der Waals surface area contributed by atoms with Crippen molar-refractivity contribution in [1.29, 1.82) is 0 Å². The van der Waals surface area contributed by atoms with Crippen LogP contribution in [0, 0.1) is 0 Å². The normalized spacial score (nSPS) is 14.3. The van der Waals surface area contributed by atoms with Gasteiger partial charge in [-0.2, -0.15) is 0 Å². The lowest BCUT2D eigenvalue weighted by Crippen LogP contribution is -2.46. The summed E-state index contributed by atoms with van der Waals surface area (Å²) in [5, 5.41) is 8.56. The highest BCUT2D eigenvalue weighted by atomic mass is 16.5. The molecule has 1 saturated heterocycles. The Morgan fingerprint density at radius 1 is 1.04 bits per heavy atom. The summed E-state index contributed by atoms with van der Waals surface area (Å²) in [6.45, 7) is 3.23. The zero-order valence-electron chi connectivity index (χ0n) is 16.2. The minimum Gasteiger partial charge on any atom is -0.495 e. The molecule has 7 heteroatoms. The lowest BCUT2D eigenvalue weighted by molar-refractivity contribution is -0.114. The zero-order valence-corrected chi connectivity index (χ0v) is 16.2. The first-order valence-electron chi connectivity index (χ1n) is 9.38. The molecule has 1 fully saturated rings. The molecule has 2 aromatic rings. The van der Waals surface area contributed by atoms with Gasteiger partial charge in [0.2, 0.25) is 5.91 Å². The average molecular weight is 382 g/mol. The van der Waals surface area contributed by atoms with E-state index in [2.05, 4.69) is 33.0 Å². The molecule has 3 amide bonds. The van der Waals surface area contributed by atoms with E-state index in [0.29, 0.717) is 17.1 Å². The number of para-hydroxylation sites is 1. The highest BCUT2D eigenvalue weighted by Gasteiger charge is 2.21. The molecule has 1 aliphatic rings. The lowest BCUT2D eigenvalue weighted by Gasteiger charge is -2.34. The molecule has 1 heterocycles. The van der Waals surface area contributed by atoms with Crippen molar-refractivity contribution >= 4 is 29.0 Å². The van der Waals surface area contributed by atoms with Crippen molar-refractivity contribution in [3.63, 3.8) is 0 Å². The van der Waals surface area contributed by atoms with Gasteiger partial charge in [-0.1, -0.05) is 18.2 Å². The largest absolute Gasteiger partial charge is 0.495 e. The van der Waals surface area contributed by atoms with E-state index in [9.17, 15) is 9.59 Å². The van der Waals surface area contributed by atoms with Crippen LogP contribution in [0.2, 0.25) is 0 Å². The number of urea groups is 1. The number of ether oxygens (including phenoxy) is 1. The quantitative estimate of drug-likeness (QED) is 0.740. The fourth-order valence-corrected chi connectivity index (χ4v) is 3.35. The summed E-state index contributed by atoms with van der Waals surface area (Å²) in [6, 6.07) is 15.2. The molecule has 0 aromatic heterocycles. The molecule has 28 heavy (non-hydrogen) atoms. The Kier molecular flexibility index (Phi) is 6.37. The molecular weight excluding hydrogens is 356 g/mol. The van der Waals surface area contributed by atoms with E-state index in [1.807, 2.05) is 18.2 Å². The highest BCUT2D eigenvalue weighted by molar-refractivity contribution is 5.94. The maximum atomic E-state index is 12.5. The van der Waals surface area contributed by atoms with Crippen molar-refractivity contribution in [2.75, 3.05) is 35.7 Å². The topological polar surface area (TPSA) is 82.7 Å². The van der Waals surface area contributed by atoms with E-state index >= 15 is 0 Å². The van der Waals surface area contributed by atoms with Crippen LogP contribution < -0.4 is 25.6 Å². The minimum atomic E-state index is -0.281. The van der Waals surface area contributed by atoms with E-state index in [1.54, 1.807) is 18.2 Å². The van der Waals surface area contributed by atoms with Gasteiger partial charge in [0.1, 0.15) is 5.75 Å². The van der Waals surface area contributed by atoms with Gasteiger partial charge in [0, 0.05) is 37.4 Å². The van der Waals surface area contributed by atoms with Crippen molar-refractivity contribution in [2.45, 2.75) is 25.8 Å². The fourth-order valence-electron chi connectivity index (χ4n) is 3.35. The number of benzene rings is 2. The van der Waals surface area contributed by atoms with Gasteiger partial charge in [0.25, 0.3) is 0 Å². The van der Waals surface area contributed by atoms with E-state index in [0.717, 1.165) is 25.9 Å². The second-order valence-corrected chi connectivity index (χ2v) is 6.79. The molecule has 7 nitrogen and oxygen atoms in total. The molecule has 3 N–H and O–H groups in total. The van der Waals surface area contributed by atoms with E-state index in [4.69, 9.17) is 4.74 Å². The van der Waals surface area contributed by atoms with Crippen molar-refractivity contribution in [3.8, 4) is 5.75 Å². The number of hydrogen-bond acceptors (Lipinski definition) is 4. The standard InChI is InChI=1S/C21H26N4O3/c1-15(26)22-17-8-9-20(28-2)19(14-17)24-21(27)23-16-10-12-25(13-11-16)18-6-4-3-5-7-18/h3-9,14,16H,10-13H2,1-2H3,(H,22,26)(H2,23,24,27). The summed E-state index contributed by atoms with van der Waals surface area (Å²) in [4.78, 5) is 26.0. The fraction of sp³-hybridized carbons (Fsp3) is 0.333. The predicted octanol–water partition coefficient (Wildman–Crippen LogP) is 3.44. The van der Waals surface area contributed by atoms with Gasteiger partial charge < -0.3 is 25.6 Å². The van der Waals surface area contributed by atoms with Crippen LogP contribution in [0.25, 0.3) is 0 Å². The maximum Gasteiger partial charge on any atom is 0.319 e. The van der Waals surface area contributed by atoms with Gasteiger partial charge in [-0.3, -0.25) is 4.79 Å². The van der Waals surface area contributed by atoms with Crippen LogP contribution in [0.4, 0.5) is 21.9 Å². The van der Waals surface area contributed by atoms with Gasteiger partial charge in [-0.15, -0.1) is 0 Å². The average Bonchev–Trinajstić information content (AvgIpc) is 2.69. The summed E-state index contributed by atoms with van der Waals surface area (Å²) in [5.41, 5.74) is 2.32. The first-order chi connectivity index (χ1) is 13.5. The third-order valence-corrected chi connectivity index (χ3v) is 4.72. The summed E-state index contributed by atoms with van der Waals surface area (Å²) in [7, 11) is 1.54. The summed E-state index contributed by atoms with van der Waals surface area (Å²) in [6.07, 6.45) is 1.76. The maximum absolute atomic E-state index is 12.5. The molecule has 0 bridgehead atoms. The van der Waals surface area contributed by atoms with E-state index in [1.165, 1.54) is 19.7 Å². The summed E-state index contributed by atoms with van der Waals surface area (Å²) in [5.74, 6) is 0.355. The molecular formula is C21H26N4O3. The van der Waals surface area contributed by atoms with Gasteiger partial charge in [0.05, 0.1) is 12.8 Å². The molecule has 0 radical (unpaired) electrons. The Hall–Kier alpha value is -3.22. The Labute approximate surface area is 165 Å². The lowest BCUT2D eigenvalue weighted by atomic mass is 10.0. The molecule has 0 aliphatic carbocycles. The molecule has 0 spiro atoms. The van der Waals surface area contributed by atoms with E-state index in [-0.39, 0.29) is 18.0 Å². The Bertz CT molecular complexity index is 818. The van der Waals surface area contributed by atoms with Crippen LogP contribution in [0.3, 0.4) is 0 Å². The van der Waals surface area contributed by atoms with Crippen molar-refractivity contribution in [3.05, 3.63) is 48.5 Å². The molecule has 0 atom stereocenters. The predicted molar refractivity (Wildman–Crippen MR) is 111 cm³/mol. The summed E-state index contributed by atoms with van der Waals surface area (Å²) < 4.78 is 5.30.